The number of sulfonamides is 1. The lowest BCUT2D eigenvalue weighted by Gasteiger charge is -2.28. The minimum atomic E-state index is -3.68. The molecule has 7 nitrogen and oxygen atoms in total. The number of fused-ring (bicyclic) bond motifs is 2. The topological polar surface area (TPSA) is 73.8 Å². The highest BCUT2D eigenvalue weighted by atomic mass is 35.5. The number of hydrogen-bond acceptors (Lipinski definition) is 6. The van der Waals surface area contributed by atoms with E-state index in [0.717, 1.165) is 28.7 Å². The lowest BCUT2D eigenvalue weighted by atomic mass is 10.0. The van der Waals surface area contributed by atoms with Gasteiger partial charge < -0.3 is 4.90 Å². The summed E-state index contributed by atoms with van der Waals surface area (Å²) in [7, 11) is 0.343. The first-order valence-electron chi connectivity index (χ1n) is 13.1. The Labute approximate surface area is 246 Å². The molecule has 2 heterocycles. The van der Waals surface area contributed by atoms with Crippen LogP contribution in [0.1, 0.15) is 39.0 Å². The third-order valence-corrected chi connectivity index (χ3v) is 10.2. The second-order valence-corrected chi connectivity index (χ2v) is 13.3. The van der Waals surface area contributed by atoms with Crippen molar-refractivity contribution in [2.45, 2.75) is 38.1 Å². The van der Waals surface area contributed by atoms with Crippen LogP contribution in [0.2, 0.25) is 0 Å². The monoisotopic (exact) mass is 598 g/mol. The highest BCUT2D eigenvalue weighted by Crippen LogP contribution is 2.32. The quantitative estimate of drug-likeness (QED) is 0.261. The van der Waals surface area contributed by atoms with Gasteiger partial charge in [-0.25, -0.2) is 13.4 Å². The predicted octanol–water partition coefficient (Wildman–Crippen LogP) is 5.68. The number of thiazole rings is 1. The summed E-state index contributed by atoms with van der Waals surface area (Å²) >= 11 is 1.51. The molecule has 3 aromatic carbocycles. The van der Waals surface area contributed by atoms with Crippen LogP contribution in [0.4, 0.5) is 5.13 Å². The zero-order chi connectivity index (χ0) is 27.7. The van der Waals surface area contributed by atoms with Crippen LogP contribution in [0.3, 0.4) is 0 Å². The van der Waals surface area contributed by atoms with Gasteiger partial charge in [0.2, 0.25) is 10.0 Å². The summed E-state index contributed by atoms with van der Waals surface area (Å²) in [6.45, 7) is 6.29. The van der Waals surface area contributed by atoms with Crippen LogP contribution in [-0.4, -0.2) is 62.2 Å². The number of carbonyl (C=O) groups is 1. The maximum absolute atomic E-state index is 13.8. The molecule has 0 unspecified atom stereocenters. The minimum Gasteiger partial charge on any atom is -0.309 e. The molecule has 0 saturated carbocycles. The number of carbonyl (C=O) groups excluding carboxylic acids is 1. The molecule has 0 atom stereocenters. The Kier molecular flexibility index (Phi) is 9.32. The van der Waals surface area contributed by atoms with Crippen LogP contribution < -0.4 is 4.90 Å². The average Bonchev–Trinajstić information content (AvgIpc) is 3.32. The number of aryl methyl sites for hydroxylation is 2. The molecule has 0 radical (unpaired) electrons. The number of halogens is 1. The van der Waals surface area contributed by atoms with Gasteiger partial charge in [0.1, 0.15) is 0 Å². The molecule has 0 aliphatic carbocycles. The van der Waals surface area contributed by atoms with E-state index in [9.17, 15) is 13.2 Å². The summed E-state index contributed by atoms with van der Waals surface area (Å²) in [6, 6.07) is 18.5. The molecular weight excluding hydrogens is 564 g/mol. The van der Waals surface area contributed by atoms with Crippen molar-refractivity contribution in [3.8, 4) is 0 Å². The van der Waals surface area contributed by atoms with Crippen molar-refractivity contribution in [3.63, 3.8) is 0 Å². The van der Waals surface area contributed by atoms with Crippen molar-refractivity contribution in [1.29, 1.82) is 0 Å². The number of aromatic nitrogens is 1. The second-order valence-electron chi connectivity index (χ2n) is 10.4. The van der Waals surface area contributed by atoms with Crippen molar-refractivity contribution in [1.82, 2.24) is 14.2 Å². The van der Waals surface area contributed by atoms with E-state index in [1.54, 1.807) is 29.2 Å². The van der Waals surface area contributed by atoms with Gasteiger partial charge in [0.15, 0.2) is 5.13 Å². The molecule has 10 heteroatoms. The van der Waals surface area contributed by atoms with Gasteiger partial charge >= 0.3 is 0 Å². The third-order valence-electron chi connectivity index (χ3n) is 7.29. The third kappa shape index (κ3) is 6.24. The first kappa shape index (κ1) is 30.1. The van der Waals surface area contributed by atoms with E-state index < -0.39 is 10.0 Å². The predicted molar refractivity (Wildman–Crippen MR) is 165 cm³/mol. The molecule has 0 spiro atoms. The summed E-state index contributed by atoms with van der Waals surface area (Å²) in [5.74, 6) is -0.183. The molecule has 0 fully saturated rings. The molecule has 0 N–H and O–H groups in total. The van der Waals surface area contributed by atoms with E-state index in [1.165, 1.54) is 32.3 Å². The first-order chi connectivity index (χ1) is 18.6. The van der Waals surface area contributed by atoms with E-state index >= 15 is 0 Å². The van der Waals surface area contributed by atoms with Crippen molar-refractivity contribution in [3.05, 3.63) is 88.5 Å². The van der Waals surface area contributed by atoms with Gasteiger partial charge in [0, 0.05) is 25.2 Å². The Hall–Kier alpha value is -2.82. The molecule has 0 saturated heterocycles. The van der Waals surface area contributed by atoms with Crippen LogP contribution in [0, 0.1) is 13.8 Å². The lowest BCUT2D eigenvalue weighted by Crippen LogP contribution is -2.36. The highest BCUT2D eigenvalue weighted by molar-refractivity contribution is 7.89. The molecule has 4 aromatic rings. The van der Waals surface area contributed by atoms with Gasteiger partial charge in [-0.15, -0.1) is 12.4 Å². The fourth-order valence-corrected chi connectivity index (χ4v) is 7.35. The van der Waals surface area contributed by atoms with Gasteiger partial charge in [0.05, 0.1) is 15.1 Å². The standard InChI is InChI=1S/C30H34N4O3S2.ClH/c1-21-18-27-28(19-22(21)2)38-30(31-27)34(16-7-15-32(3)4)29(35)24-10-12-26(13-11-24)39(36,37)33-17-14-23-8-5-6-9-25(23)20-33;/h5-6,8-13,18-19H,7,14-17,20H2,1-4H3;1H. The number of hydrogen-bond donors (Lipinski definition) is 0. The molecule has 5 rings (SSSR count). The summed E-state index contributed by atoms with van der Waals surface area (Å²) in [6.07, 6.45) is 1.48. The number of amides is 1. The zero-order valence-corrected chi connectivity index (χ0v) is 25.7. The van der Waals surface area contributed by atoms with Crippen molar-refractivity contribution in [2.24, 2.45) is 0 Å². The van der Waals surface area contributed by atoms with Crippen molar-refractivity contribution >= 4 is 55.0 Å². The number of benzene rings is 3. The molecular formula is C30H35ClN4O3S2. The smallest absolute Gasteiger partial charge is 0.260 e. The van der Waals surface area contributed by atoms with E-state index in [0.29, 0.717) is 36.8 Å². The molecule has 1 amide bonds. The van der Waals surface area contributed by atoms with Crippen LogP contribution >= 0.6 is 23.7 Å². The molecule has 212 valence electrons. The first-order valence-corrected chi connectivity index (χ1v) is 15.4. The van der Waals surface area contributed by atoms with Crippen molar-refractivity contribution < 1.29 is 13.2 Å². The summed E-state index contributed by atoms with van der Waals surface area (Å²) in [4.78, 5) is 22.6. The largest absolute Gasteiger partial charge is 0.309 e. The average molecular weight is 599 g/mol. The van der Waals surface area contributed by atoms with Gasteiger partial charge in [-0.2, -0.15) is 4.31 Å². The number of rotatable bonds is 8. The minimum absolute atomic E-state index is 0. The Morgan fingerprint density at radius 2 is 1.65 bits per heavy atom. The van der Waals surface area contributed by atoms with Gasteiger partial charge in [-0.1, -0.05) is 35.6 Å². The van der Waals surface area contributed by atoms with Crippen LogP contribution in [0.5, 0.6) is 0 Å². The molecule has 40 heavy (non-hydrogen) atoms. The maximum atomic E-state index is 13.8. The molecule has 1 aliphatic heterocycles. The van der Waals surface area contributed by atoms with E-state index in [1.807, 2.05) is 32.3 Å². The van der Waals surface area contributed by atoms with Crippen LogP contribution in [0.25, 0.3) is 10.2 Å². The normalized spacial score (nSPS) is 13.7. The highest BCUT2D eigenvalue weighted by Gasteiger charge is 2.29. The summed E-state index contributed by atoms with van der Waals surface area (Å²) in [5.41, 5.74) is 5.91. The molecule has 1 aromatic heterocycles. The van der Waals surface area contributed by atoms with Gasteiger partial charge in [-0.05, 0) is 106 Å². The van der Waals surface area contributed by atoms with Gasteiger partial charge in [-0.3, -0.25) is 9.69 Å². The molecule has 0 bridgehead atoms. The molecule has 1 aliphatic rings. The van der Waals surface area contributed by atoms with E-state index in [4.69, 9.17) is 4.98 Å². The summed E-state index contributed by atoms with van der Waals surface area (Å²) < 4.78 is 29.4. The SMILES string of the molecule is Cc1cc2nc(N(CCCN(C)C)C(=O)c3ccc(S(=O)(=O)N4CCc5ccccc5C4)cc3)sc2cc1C.Cl. The zero-order valence-electron chi connectivity index (χ0n) is 23.3. The van der Waals surface area contributed by atoms with Crippen molar-refractivity contribution in [2.75, 3.05) is 38.6 Å². The fraction of sp³-hybridized carbons (Fsp3) is 0.333. The van der Waals surface area contributed by atoms with Crippen LogP contribution in [-0.2, 0) is 23.0 Å². The fourth-order valence-electron chi connectivity index (χ4n) is 4.86. The number of anilines is 1. The van der Waals surface area contributed by atoms with E-state index in [2.05, 4.69) is 36.9 Å². The second kappa shape index (κ2) is 12.4. The Morgan fingerprint density at radius 3 is 2.35 bits per heavy atom. The van der Waals surface area contributed by atoms with Crippen LogP contribution in [0.15, 0.2) is 65.6 Å². The summed E-state index contributed by atoms with van der Waals surface area (Å²) in [5, 5.41) is 0.655. The Balaban J connectivity index is 0.00000370. The lowest BCUT2D eigenvalue weighted by molar-refractivity contribution is 0.0986. The van der Waals surface area contributed by atoms with E-state index in [-0.39, 0.29) is 23.2 Å². The number of nitrogens with zero attached hydrogens (tertiary/aromatic N) is 4. The Morgan fingerprint density at radius 1 is 0.975 bits per heavy atom. The van der Waals surface area contributed by atoms with Gasteiger partial charge in [0.25, 0.3) is 5.91 Å². The Bertz CT molecular complexity index is 1580. The maximum Gasteiger partial charge on any atom is 0.260 e.